The Morgan fingerprint density at radius 2 is 0.523 bits per heavy atom. The Morgan fingerprint density at radius 1 is 0.307 bits per heavy atom. The molecule has 0 heterocycles. The summed E-state index contributed by atoms with van der Waals surface area (Å²) in [5.74, 6) is 0.181. The smallest absolute Gasteiger partial charge is 0.312 e. The molecule has 0 spiro atoms. The fraction of sp³-hybridized carbons (Fsp3) is 0.921. The van der Waals surface area contributed by atoms with Gasteiger partial charge in [0.05, 0.1) is 32.5 Å². The maximum atomic E-state index is 12.1. The topological polar surface area (TPSA) is 158 Å². The molecule has 0 radical (unpaired) electrons. The fourth-order valence-corrected chi connectivity index (χ4v) is 10.7. The SMILES string of the molecule is CCC(C)(C)C(=O)OC(C)(C)C.CCC(C)(C)C(=O)OC1(C(C)C)CCCC1.CCC(C)(C)C(=O)OC1(C)CCCC1.CCC(C)(C)C(=O)OC1(C)CCCCC1.CCC1(OC(=O)C(C)(C)CC)CCCC1.CCC1(OC(=O)C(C)(C)CC)CCCCC1. The molecular formula is C76H142O12. The zero-order chi connectivity index (χ0) is 68.5. The van der Waals surface area contributed by atoms with Crippen LogP contribution in [0.3, 0.4) is 0 Å². The van der Waals surface area contributed by atoms with Crippen molar-refractivity contribution < 1.29 is 57.2 Å². The van der Waals surface area contributed by atoms with E-state index >= 15 is 0 Å². The third kappa shape index (κ3) is 28.4. The summed E-state index contributed by atoms with van der Waals surface area (Å²) in [6.45, 7) is 54.0. The molecule has 5 saturated carbocycles. The van der Waals surface area contributed by atoms with Crippen LogP contribution in [0.4, 0.5) is 0 Å². The lowest BCUT2D eigenvalue weighted by Crippen LogP contribution is -2.41. The van der Waals surface area contributed by atoms with Gasteiger partial charge in [0.1, 0.15) is 33.6 Å². The Hall–Kier alpha value is -3.18. The van der Waals surface area contributed by atoms with Crippen LogP contribution in [0.2, 0.25) is 0 Å². The second-order valence-corrected chi connectivity index (χ2v) is 32.8. The van der Waals surface area contributed by atoms with E-state index < -0.39 is 0 Å². The molecule has 0 aliphatic heterocycles. The summed E-state index contributed by atoms with van der Waals surface area (Å²) < 4.78 is 34.1. The quantitative estimate of drug-likeness (QED) is 0.0840. The summed E-state index contributed by atoms with van der Waals surface area (Å²) >= 11 is 0. The van der Waals surface area contributed by atoms with E-state index in [-0.39, 0.29) is 102 Å². The van der Waals surface area contributed by atoms with E-state index in [1.165, 1.54) is 77.0 Å². The zero-order valence-electron chi connectivity index (χ0n) is 62.7. The minimum Gasteiger partial charge on any atom is -0.460 e. The summed E-state index contributed by atoms with van der Waals surface area (Å²) in [6, 6.07) is 0. The van der Waals surface area contributed by atoms with Gasteiger partial charge in [0.25, 0.3) is 0 Å². The van der Waals surface area contributed by atoms with Gasteiger partial charge in [-0.2, -0.15) is 0 Å². The third-order valence-corrected chi connectivity index (χ3v) is 21.3. The van der Waals surface area contributed by atoms with Crippen LogP contribution < -0.4 is 0 Å². The monoisotopic (exact) mass is 1250 g/mol. The van der Waals surface area contributed by atoms with Crippen LogP contribution in [0.5, 0.6) is 0 Å². The highest BCUT2D eigenvalue weighted by molar-refractivity contribution is 5.78. The lowest BCUT2D eigenvalue weighted by Gasteiger charge is -2.38. The first-order chi connectivity index (χ1) is 40.2. The van der Waals surface area contributed by atoms with Crippen molar-refractivity contribution in [2.45, 2.75) is 413 Å². The fourth-order valence-electron chi connectivity index (χ4n) is 10.7. The number of hydrogen-bond donors (Lipinski definition) is 0. The van der Waals surface area contributed by atoms with Gasteiger partial charge in [0.15, 0.2) is 0 Å². The Bertz CT molecular complexity index is 2070. The van der Waals surface area contributed by atoms with E-state index in [0.29, 0.717) is 5.92 Å². The van der Waals surface area contributed by atoms with Crippen LogP contribution >= 0.6 is 0 Å². The summed E-state index contributed by atoms with van der Waals surface area (Å²) in [5.41, 5.74) is -3.22. The van der Waals surface area contributed by atoms with E-state index in [0.717, 1.165) is 116 Å². The Morgan fingerprint density at radius 3 is 0.773 bits per heavy atom. The minimum atomic E-state index is -0.372. The van der Waals surface area contributed by atoms with Crippen LogP contribution in [-0.4, -0.2) is 69.4 Å². The summed E-state index contributed by atoms with van der Waals surface area (Å²) in [4.78, 5) is 71.5. The molecule has 0 saturated heterocycles. The van der Waals surface area contributed by atoms with Gasteiger partial charge in [0, 0.05) is 0 Å². The summed E-state index contributed by atoms with van der Waals surface area (Å²) in [7, 11) is 0. The van der Waals surface area contributed by atoms with Gasteiger partial charge >= 0.3 is 35.8 Å². The molecule has 5 aliphatic rings. The molecule has 0 amide bonds. The maximum absolute atomic E-state index is 12.1. The van der Waals surface area contributed by atoms with Gasteiger partial charge in [-0.1, -0.05) is 82.1 Å². The Labute approximate surface area is 542 Å². The van der Waals surface area contributed by atoms with Gasteiger partial charge in [-0.3, -0.25) is 28.8 Å². The maximum Gasteiger partial charge on any atom is 0.312 e. The van der Waals surface area contributed by atoms with Crippen molar-refractivity contribution in [2.24, 2.45) is 38.4 Å². The Balaban J connectivity index is 0.00000103. The van der Waals surface area contributed by atoms with Crippen molar-refractivity contribution in [3.8, 4) is 0 Å². The molecule has 5 aliphatic carbocycles. The minimum absolute atomic E-state index is 0.0150. The van der Waals surface area contributed by atoms with Crippen molar-refractivity contribution in [1.29, 1.82) is 0 Å². The molecule has 88 heavy (non-hydrogen) atoms. The van der Waals surface area contributed by atoms with Crippen molar-refractivity contribution in [3.05, 3.63) is 0 Å². The van der Waals surface area contributed by atoms with Crippen molar-refractivity contribution >= 4 is 35.8 Å². The van der Waals surface area contributed by atoms with Crippen molar-refractivity contribution in [1.82, 2.24) is 0 Å². The standard InChI is InChI=1S/2C14H26O2.2C13H24O2.C12H22O2.C10H20O2/c1-6-13(4,5)12(15)16-14(11(2)3)9-7-8-10-14;1-5-13(3,4)12(15)16-14(6-2)10-8-7-9-11-14;1-5-12(2,3)11(14)15-13(4)9-7-6-8-10-13;1-5-12(3,4)11(14)15-13(6-2)9-7-8-10-13;1-5-11(2,3)10(13)14-12(4)8-6-7-9-12;1-7-10(5,6)8(11)12-9(2,3)4/h11H,6-10H2,1-5H3;5-11H2,1-4H3;2*5-10H2,1-4H3;5-9H2,1-4H3;7H2,1-6H3. The Kier molecular flexibility index (Phi) is 35.0. The number of ether oxygens (including phenoxy) is 6. The van der Waals surface area contributed by atoms with E-state index in [4.69, 9.17) is 28.4 Å². The largest absolute Gasteiger partial charge is 0.460 e. The second-order valence-electron chi connectivity index (χ2n) is 32.8. The highest BCUT2D eigenvalue weighted by Crippen LogP contribution is 2.43. The molecule has 0 bridgehead atoms. The number of esters is 6. The van der Waals surface area contributed by atoms with Crippen LogP contribution in [0.1, 0.15) is 380 Å². The molecule has 0 atom stereocenters. The van der Waals surface area contributed by atoms with Crippen molar-refractivity contribution in [3.63, 3.8) is 0 Å². The normalized spacial score (nSPS) is 19.5. The van der Waals surface area contributed by atoms with E-state index in [9.17, 15) is 28.8 Å². The summed E-state index contributed by atoms with van der Waals surface area (Å²) in [5, 5.41) is 0. The molecule has 12 nitrogen and oxygen atoms in total. The lowest BCUT2D eigenvalue weighted by atomic mass is 9.82. The first-order valence-corrected chi connectivity index (χ1v) is 35.6. The third-order valence-electron chi connectivity index (χ3n) is 21.3. The number of carbonyl (C=O) groups is 6. The van der Waals surface area contributed by atoms with Gasteiger partial charge in [-0.05, 0) is 303 Å². The van der Waals surface area contributed by atoms with Crippen LogP contribution in [-0.2, 0) is 57.2 Å². The molecular weight excluding hydrogens is 1100 g/mol. The van der Waals surface area contributed by atoms with E-state index in [1.807, 2.05) is 145 Å². The van der Waals surface area contributed by atoms with Crippen LogP contribution in [0.15, 0.2) is 0 Å². The average Bonchev–Trinajstić information content (AvgIpc) is 4.35. The molecule has 5 rings (SSSR count). The van der Waals surface area contributed by atoms with Gasteiger partial charge < -0.3 is 28.4 Å². The molecule has 0 N–H and O–H groups in total. The molecule has 12 heteroatoms. The van der Waals surface area contributed by atoms with Crippen LogP contribution in [0.25, 0.3) is 0 Å². The average molecular weight is 1250 g/mol. The molecule has 0 aromatic carbocycles. The predicted octanol–water partition coefficient (Wildman–Crippen LogP) is 21.5. The number of carbonyl (C=O) groups excluding carboxylic acids is 6. The van der Waals surface area contributed by atoms with Crippen molar-refractivity contribution in [2.75, 3.05) is 0 Å². The van der Waals surface area contributed by atoms with Gasteiger partial charge in [-0.25, -0.2) is 0 Å². The first-order valence-electron chi connectivity index (χ1n) is 35.6. The lowest BCUT2D eigenvalue weighted by molar-refractivity contribution is -0.176. The number of hydrogen-bond acceptors (Lipinski definition) is 12. The second kappa shape index (κ2) is 36.3. The van der Waals surface area contributed by atoms with E-state index in [1.54, 1.807) is 0 Å². The molecule has 5 fully saturated rings. The number of rotatable bonds is 20. The molecule has 0 aromatic heterocycles. The molecule has 0 unspecified atom stereocenters. The predicted molar refractivity (Wildman–Crippen MR) is 363 cm³/mol. The van der Waals surface area contributed by atoms with Gasteiger partial charge in [0.2, 0.25) is 0 Å². The molecule has 518 valence electrons. The zero-order valence-corrected chi connectivity index (χ0v) is 62.7. The summed E-state index contributed by atoms with van der Waals surface area (Å²) in [6.07, 6.45) is 31.8. The van der Waals surface area contributed by atoms with Gasteiger partial charge in [-0.15, -0.1) is 0 Å². The highest BCUT2D eigenvalue weighted by Gasteiger charge is 2.45. The highest BCUT2D eigenvalue weighted by atomic mass is 16.6. The van der Waals surface area contributed by atoms with Crippen LogP contribution in [0, 0.1) is 38.4 Å². The first kappa shape index (κ1) is 84.8. The molecule has 0 aromatic rings. The van der Waals surface area contributed by atoms with E-state index in [2.05, 4.69) is 41.5 Å².